The number of nitrogens with zero attached hydrogens (tertiary/aromatic N) is 4. The standard InChI is InChI=1S/C30H28N4O6S/c1-6-14-40-29(38)26-17(4)31-30(41-26)34-23(19-11-8-12-20(15-19)39-7-2)21(25(36)28(34)37)24(35)22-18(5)33-13-9-10-16(3)27(33)32-22/h6,8-13,15,23,35H,1,7,14H2,2-5H3/b24-21+. The number of esters is 1. The Hall–Kier alpha value is -4.77. The summed E-state index contributed by atoms with van der Waals surface area (Å²) in [6, 6.07) is 9.64. The Bertz CT molecular complexity index is 1750. The van der Waals surface area contributed by atoms with Gasteiger partial charge in [-0.3, -0.25) is 14.5 Å². The first-order chi connectivity index (χ1) is 19.7. The van der Waals surface area contributed by atoms with Crippen LogP contribution >= 0.6 is 11.3 Å². The molecule has 5 rings (SSSR count). The maximum absolute atomic E-state index is 13.7. The second-order valence-electron chi connectivity index (χ2n) is 9.40. The summed E-state index contributed by atoms with van der Waals surface area (Å²) < 4.78 is 12.7. The molecular weight excluding hydrogens is 544 g/mol. The molecule has 4 heterocycles. The van der Waals surface area contributed by atoms with Gasteiger partial charge in [0.2, 0.25) is 0 Å². The molecule has 0 bridgehead atoms. The van der Waals surface area contributed by atoms with Gasteiger partial charge in [-0.15, -0.1) is 0 Å². The van der Waals surface area contributed by atoms with E-state index in [1.165, 1.54) is 11.0 Å². The monoisotopic (exact) mass is 572 g/mol. The lowest BCUT2D eigenvalue weighted by Gasteiger charge is -2.23. The molecule has 210 valence electrons. The third-order valence-electron chi connectivity index (χ3n) is 6.75. The summed E-state index contributed by atoms with van der Waals surface area (Å²) in [4.78, 5) is 50.4. The van der Waals surface area contributed by atoms with Crippen molar-refractivity contribution in [2.24, 2.45) is 0 Å². The fraction of sp³-hybridized carbons (Fsp3) is 0.233. The number of amides is 1. The molecule has 1 aliphatic heterocycles. The van der Waals surface area contributed by atoms with Gasteiger partial charge in [0.1, 0.15) is 28.6 Å². The fourth-order valence-electron chi connectivity index (χ4n) is 4.84. The van der Waals surface area contributed by atoms with Crippen molar-refractivity contribution < 1.29 is 29.0 Å². The lowest BCUT2D eigenvalue weighted by Crippen LogP contribution is -2.29. The molecule has 0 aliphatic carbocycles. The maximum atomic E-state index is 13.7. The van der Waals surface area contributed by atoms with Gasteiger partial charge in [-0.05, 0) is 57.0 Å². The topological polar surface area (TPSA) is 123 Å². The molecular formula is C30H28N4O6S. The van der Waals surface area contributed by atoms with Crippen molar-refractivity contribution >= 4 is 45.5 Å². The van der Waals surface area contributed by atoms with Crippen molar-refractivity contribution in [3.63, 3.8) is 0 Å². The van der Waals surface area contributed by atoms with Crippen LogP contribution in [0.3, 0.4) is 0 Å². The van der Waals surface area contributed by atoms with Crippen LogP contribution in [0.4, 0.5) is 5.13 Å². The van der Waals surface area contributed by atoms with Crippen molar-refractivity contribution in [3.05, 3.63) is 93.9 Å². The summed E-state index contributed by atoms with van der Waals surface area (Å²) in [6.45, 7) is 11.1. The van der Waals surface area contributed by atoms with E-state index in [0.29, 0.717) is 35.0 Å². The lowest BCUT2D eigenvalue weighted by atomic mass is 9.96. The van der Waals surface area contributed by atoms with Crippen LogP contribution in [-0.2, 0) is 14.3 Å². The molecule has 1 N–H and O–H groups in total. The normalized spacial score (nSPS) is 16.4. The number of aryl methyl sites for hydroxylation is 3. The van der Waals surface area contributed by atoms with Gasteiger partial charge in [-0.1, -0.05) is 42.2 Å². The van der Waals surface area contributed by atoms with Crippen LogP contribution in [0.2, 0.25) is 0 Å². The summed E-state index contributed by atoms with van der Waals surface area (Å²) in [5, 5.41) is 11.8. The van der Waals surface area contributed by atoms with Gasteiger partial charge < -0.3 is 19.0 Å². The minimum atomic E-state index is -1.07. The van der Waals surface area contributed by atoms with Crippen LogP contribution in [0.25, 0.3) is 11.4 Å². The second-order valence-corrected chi connectivity index (χ2v) is 10.4. The third-order valence-corrected chi connectivity index (χ3v) is 7.88. The molecule has 1 aliphatic rings. The molecule has 0 radical (unpaired) electrons. The van der Waals surface area contributed by atoms with Crippen LogP contribution in [0.1, 0.15) is 50.8 Å². The van der Waals surface area contributed by atoms with E-state index in [-0.39, 0.29) is 27.9 Å². The summed E-state index contributed by atoms with van der Waals surface area (Å²) >= 11 is 0.930. The molecule has 1 saturated heterocycles. The van der Waals surface area contributed by atoms with Crippen LogP contribution in [0.15, 0.2) is 60.8 Å². The van der Waals surface area contributed by atoms with E-state index in [2.05, 4.69) is 16.5 Å². The largest absolute Gasteiger partial charge is 0.505 e. The number of hydrogen-bond donors (Lipinski definition) is 1. The van der Waals surface area contributed by atoms with Crippen LogP contribution in [0.5, 0.6) is 5.75 Å². The number of Topliss-reactive ketones (excluding diaryl/α,β-unsaturated/α-hetero) is 1. The van der Waals surface area contributed by atoms with Gasteiger partial charge in [0.15, 0.2) is 10.9 Å². The number of thiazole rings is 1. The van der Waals surface area contributed by atoms with Crippen LogP contribution in [0, 0.1) is 20.8 Å². The van der Waals surface area contributed by atoms with E-state index in [0.717, 1.165) is 16.9 Å². The third kappa shape index (κ3) is 4.78. The molecule has 1 fully saturated rings. The van der Waals surface area contributed by atoms with Gasteiger partial charge in [-0.25, -0.2) is 14.8 Å². The van der Waals surface area contributed by atoms with Crippen molar-refractivity contribution in [2.75, 3.05) is 18.1 Å². The Balaban J connectivity index is 1.72. The van der Waals surface area contributed by atoms with Gasteiger partial charge in [0, 0.05) is 6.20 Å². The summed E-state index contributed by atoms with van der Waals surface area (Å²) in [5.74, 6) is -2.29. The minimum absolute atomic E-state index is 0.0120. The van der Waals surface area contributed by atoms with E-state index in [4.69, 9.17) is 9.47 Å². The number of pyridine rings is 1. The van der Waals surface area contributed by atoms with Crippen LogP contribution < -0.4 is 9.64 Å². The molecule has 1 aromatic carbocycles. The molecule has 41 heavy (non-hydrogen) atoms. The van der Waals surface area contributed by atoms with Crippen molar-refractivity contribution in [2.45, 2.75) is 33.7 Å². The number of imidazole rings is 1. The highest BCUT2D eigenvalue weighted by Gasteiger charge is 2.49. The molecule has 0 saturated carbocycles. The Labute approximate surface area is 240 Å². The minimum Gasteiger partial charge on any atom is -0.505 e. The number of aromatic nitrogens is 3. The van der Waals surface area contributed by atoms with Gasteiger partial charge >= 0.3 is 11.9 Å². The lowest BCUT2D eigenvalue weighted by molar-refractivity contribution is -0.132. The summed E-state index contributed by atoms with van der Waals surface area (Å²) in [5.41, 5.74) is 3.00. The SMILES string of the molecule is C=CCOC(=O)c1sc(N2C(=O)C(=O)/C(=C(/O)c3nc4c(C)cccn4c3C)C2c2cccc(OCC)c2)nc1C. The molecule has 0 spiro atoms. The average Bonchev–Trinajstić information content (AvgIpc) is 3.59. The number of aliphatic hydroxyl groups is 1. The zero-order valence-corrected chi connectivity index (χ0v) is 23.8. The number of ketones is 1. The van der Waals surface area contributed by atoms with E-state index in [9.17, 15) is 19.5 Å². The molecule has 1 amide bonds. The number of rotatable bonds is 8. The number of hydrogen-bond acceptors (Lipinski definition) is 9. The number of aliphatic hydroxyl groups excluding tert-OH is 1. The van der Waals surface area contributed by atoms with E-state index in [1.54, 1.807) is 38.1 Å². The predicted octanol–water partition coefficient (Wildman–Crippen LogP) is 5.08. The molecule has 11 heteroatoms. The Morgan fingerprint density at radius 1 is 1.17 bits per heavy atom. The zero-order chi connectivity index (χ0) is 29.4. The number of carbonyl (C=O) groups is 3. The quantitative estimate of drug-likeness (QED) is 0.102. The van der Waals surface area contributed by atoms with Gasteiger partial charge in [-0.2, -0.15) is 0 Å². The highest BCUT2D eigenvalue weighted by atomic mass is 32.1. The van der Waals surface area contributed by atoms with Crippen LogP contribution in [-0.4, -0.2) is 50.3 Å². The molecule has 1 unspecified atom stereocenters. The highest BCUT2D eigenvalue weighted by Crippen LogP contribution is 2.44. The number of carbonyl (C=O) groups excluding carboxylic acids is 3. The molecule has 4 aromatic rings. The number of benzene rings is 1. The number of ether oxygens (including phenoxy) is 2. The van der Waals surface area contributed by atoms with E-state index < -0.39 is 29.5 Å². The smallest absolute Gasteiger partial charge is 0.350 e. The predicted molar refractivity (Wildman–Crippen MR) is 154 cm³/mol. The Morgan fingerprint density at radius 2 is 1.95 bits per heavy atom. The fourth-order valence-corrected chi connectivity index (χ4v) is 5.82. The zero-order valence-electron chi connectivity index (χ0n) is 23.0. The first-order valence-electron chi connectivity index (χ1n) is 12.9. The molecule has 10 nitrogen and oxygen atoms in total. The maximum Gasteiger partial charge on any atom is 0.350 e. The van der Waals surface area contributed by atoms with E-state index >= 15 is 0 Å². The second kappa shape index (κ2) is 11.0. The van der Waals surface area contributed by atoms with E-state index in [1.807, 2.05) is 36.6 Å². The Morgan fingerprint density at radius 3 is 2.66 bits per heavy atom. The first-order valence-corrected chi connectivity index (χ1v) is 13.7. The molecule has 3 aromatic heterocycles. The van der Waals surface area contributed by atoms with Gasteiger partial charge in [0.05, 0.1) is 29.6 Å². The number of fused-ring (bicyclic) bond motifs is 1. The van der Waals surface area contributed by atoms with Gasteiger partial charge in [0.25, 0.3) is 5.78 Å². The Kier molecular flexibility index (Phi) is 7.46. The molecule has 1 atom stereocenters. The highest BCUT2D eigenvalue weighted by molar-refractivity contribution is 7.17. The van der Waals surface area contributed by atoms with Crippen molar-refractivity contribution in [1.29, 1.82) is 0 Å². The van der Waals surface area contributed by atoms with Crippen molar-refractivity contribution in [3.8, 4) is 5.75 Å². The number of anilines is 1. The summed E-state index contributed by atoms with van der Waals surface area (Å²) in [6.07, 6.45) is 3.26. The average molecular weight is 573 g/mol. The van der Waals surface area contributed by atoms with Crippen molar-refractivity contribution in [1.82, 2.24) is 14.4 Å². The summed E-state index contributed by atoms with van der Waals surface area (Å²) in [7, 11) is 0. The first kappa shape index (κ1) is 27.8.